The number of nitrogens with zero attached hydrogens (tertiary/aromatic N) is 2. The van der Waals surface area contributed by atoms with Crippen LogP contribution < -0.4 is 10.9 Å². The SMILES string of the molecule is O=c1cc2c(nn1CC1CCCCC1)CCCN2. The number of rotatable bonds is 2. The molecule has 1 aromatic rings. The molecule has 1 saturated carbocycles. The van der Waals surface area contributed by atoms with Gasteiger partial charge in [0.1, 0.15) is 0 Å². The second kappa shape index (κ2) is 5.12. The summed E-state index contributed by atoms with van der Waals surface area (Å²) in [4.78, 5) is 12.0. The molecule has 0 aromatic carbocycles. The molecule has 0 unspecified atom stereocenters. The van der Waals surface area contributed by atoms with Gasteiger partial charge in [-0.05, 0) is 31.6 Å². The molecule has 4 nitrogen and oxygen atoms in total. The van der Waals surface area contributed by atoms with Crippen molar-refractivity contribution in [3.8, 4) is 0 Å². The lowest BCUT2D eigenvalue weighted by atomic mass is 9.89. The van der Waals surface area contributed by atoms with Crippen LogP contribution in [0.4, 0.5) is 5.69 Å². The van der Waals surface area contributed by atoms with Crippen molar-refractivity contribution >= 4 is 5.69 Å². The van der Waals surface area contributed by atoms with E-state index >= 15 is 0 Å². The molecule has 1 aliphatic heterocycles. The number of hydrogen-bond donors (Lipinski definition) is 1. The maximum absolute atomic E-state index is 12.0. The Morgan fingerprint density at radius 3 is 2.94 bits per heavy atom. The van der Waals surface area contributed by atoms with Crippen molar-refractivity contribution in [2.24, 2.45) is 5.92 Å². The predicted molar refractivity (Wildman–Crippen MR) is 71.9 cm³/mol. The zero-order valence-electron chi connectivity index (χ0n) is 10.8. The third kappa shape index (κ3) is 2.42. The van der Waals surface area contributed by atoms with Crippen LogP contribution in [0, 0.1) is 5.92 Å². The number of aryl methyl sites for hydroxylation is 1. The predicted octanol–water partition coefficient (Wildman–Crippen LogP) is 2.18. The maximum atomic E-state index is 12.0. The fourth-order valence-electron chi connectivity index (χ4n) is 3.09. The fraction of sp³-hybridized carbons (Fsp3) is 0.714. The summed E-state index contributed by atoms with van der Waals surface area (Å²) in [6.45, 7) is 1.77. The van der Waals surface area contributed by atoms with Gasteiger partial charge in [0.05, 0.1) is 11.4 Å². The Hall–Kier alpha value is -1.32. The lowest BCUT2D eigenvalue weighted by Crippen LogP contribution is -2.30. The Balaban J connectivity index is 1.80. The summed E-state index contributed by atoms with van der Waals surface area (Å²) in [5, 5.41) is 7.81. The van der Waals surface area contributed by atoms with Gasteiger partial charge in [-0.3, -0.25) is 4.79 Å². The van der Waals surface area contributed by atoms with Crippen molar-refractivity contribution in [1.29, 1.82) is 0 Å². The maximum Gasteiger partial charge on any atom is 0.268 e. The first kappa shape index (κ1) is 11.8. The van der Waals surface area contributed by atoms with Gasteiger partial charge in [-0.2, -0.15) is 5.10 Å². The summed E-state index contributed by atoms with van der Waals surface area (Å²) in [7, 11) is 0. The molecule has 1 aliphatic carbocycles. The van der Waals surface area contributed by atoms with Gasteiger partial charge >= 0.3 is 0 Å². The van der Waals surface area contributed by atoms with Crippen molar-refractivity contribution in [1.82, 2.24) is 9.78 Å². The van der Waals surface area contributed by atoms with Crippen LogP contribution in [-0.2, 0) is 13.0 Å². The highest BCUT2D eigenvalue weighted by molar-refractivity contribution is 5.48. The van der Waals surface area contributed by atoms with Crippen molar-refractivity contribution < 1.29 is 0 Å². The number of anilines is 1. The molecule has 2 heterocycles. The van der Waals surface area contributed by atoms with Gasteiger partial charge in [0, 0.05) is 19.2 Å². The molecule has 0 atom stereocenters. The lowest BCUT2D eigenvalue weighted by molar-refractivity contribution is 0.301. The molecule has 0 radical (unpaired) electrons. The Morgan fingerprint density at radius 2 is 2.11 bits per heavy atom. The van der Waals surface area contributed by atoms with E-state index in [4.69, 9.17) is 0 Å². The van der Waals surface area contributed by atoms with E-state index in [1.54, 1.807) is 10.7 Å². The van der Waals surface area contributed by atoms with Crippen molar-refractivity contribution in [3.63, 3.8) is 0 Å². The quantitative estimate of drug-likeness (QED) is 0.871. The van der Waals surface area contributed by atoms with E-state index in [9.17, 15) is 4.79 Å². The minimum absolute atomic E-state index is 0.0497. The first-order chi connectivity index (χ1) is 8.83. The molecule has 1 aromatic heterocycles. The molecule has 4 heteroatoms. The summed E-state index contributed by atoms with van der Waals surface area (Å²) < 4.78 is 1.70. The van der Waals surface area contributed by atoms with Crippen LogP contribution in [0.15, 0.2) is 10.9 Å². The first-order valence-corrected chi connectivity index (χ1v) is 7.18. The first-order valence-electron chi connectivity index (χ1n) is 7.18. The van der Waals surface area contributed by atoms with Crippen molar-refractivity contribution in [3.05, 3.63) is 22.1 Å². The topological polar surface area (TPSA) is 46.9 Å². The van der Waals surface area contributed by atoms with E-state index in [1.165, 1.54) is 32.1 Å². The van der Waals surface area contributed by atoms with Crippen LogP contribution in [-0.4, -0.2) is 16.3 Å². The highest BCUT2D eigenvalue weighted by Gasteiger charge is 2.17. The average molecular weight is 247 g/mol. The molecule has 3 rings (SSSR count). The molecule has 0 bridgehead atoms. The van der Waals surface area contributed by atoms with E-state index in [-0.39, 0.29) is 5.56 Å². The third-order valence-electron chi connectivity index (χ3n) is 4.14. The van der Waals surface area contributed by atoms with Gasteiger partial charge in [0.2, 0.25) is 0 Å². The standard InChI is InChI=1S/C14H21N3O/c18-14-9-13-12(7-4-8-15-13)16-17(14)10-11-5-2-1-3-6-11/h9,11,15H,1-8,10H2. The van der Waals surface area contributed by atoms with Crippen LogP contribution in [0.5, 0.6) is 0 Å². The van der Waals surface area contributed by atoms with Gasteiger partial charge in [-0.15, -0.1) is 0 Å². The van der Waals surface area contributed by atoms with Crippen molar-refractivity contribution in [2.45, 2.75) is 51.5 Å². The normalized spacial score (nSPS) is 20.2. The summed E-state index contributed by atoms with van der Waals surface area (Å²) in [5.74, 6) is 0.651. The number of hydrogen-bond acceptors (Lipinski definition) is 3. The summed E-state index contributed by atoms with van der Waals surface area (Å²) in [6.07, 6.45) is 8.59. The smallest absolute Gasteiger partial charge is 0.268 e. The molecule has 0 spiro atoms. The highest BCUT2D eigenvalue weighted by Crippen LogP contribution is 2.25. The highest BCUT2D eigenvalue weighted by atomic mass is 16.1. The largest absolute Gasteiger partial charge is 0.383 e. The van der Waals surface area contributed by atoms with Gasteiger partial charge in [0.15, 0.2) is 0 Å². The van der Waals surface area contributed by atoms with E-state index in [0.29, 0.717) is 5.92 Å². The van der Waals surface area contributed by atoms with Crippen LogP contribution in [0.2, 0.25) is 0 Å². The van der Waals surface area contributed by atoms with Gasteiger partial charge in [-0.25, -0.2) is 4.68 Å². The Kier molecular flexibility index (Phi) is 3.35. The van der Waals surface area contributed by atoms with Gasteiger partial charge < -0.3 is 5.32 Å². The number of aromatic nitrogens is 2. The summed E-state index contributed by atoms with van der Waals surface area (Å²) in [5.41, 5.74) is 2.07. The molecular weight excluding hydrogens is 226 g/mol. The zero-order chi connectivity index (χ0) is 12.4. The monoisotopic (exact) mass is 247 g/mol. The minimum atomic E-state index is 0.0497. The Labute approximate surface area is 107 Å². The van der Waals surface area contributed by atoms with Crippen LogP contribution in [0.1, 0.15) is 44.2 Å². The lowest BCUT2D eigenvalue weighted by Gasteiger charge is -2.23. The van der Waals surface area contributed by atoms with Gasteiger partial charge in [0.25, 0.3) is 5.56 Å². The number of fused-ring (bicyclic) bond motifs is 1. The van der Waals surface area contributed by atoms with E-state index in [2.05, 4.69) is 10.4 Å². The molecule has 1 N–H and O–H groups in total. The van der Waals surface area contributed by atoms with Gasteiger partial charge in [-0.1, -0.05) is 19.3 Å². The zero-order valence-corrected chi connectivity index (χ0v) is 10.8. The molecule has 0 saturated heterocycles. The third-order valence-corrected chi connectivity index (χ3v) is 4.14. The van der Waals surface area contributed by atoms with E-state index < -0.39 is 0 Å². The van der Waals surface area contributed by atoms with Crippen LogP contribution in [0.3, 0.4) is 0 Å². The minimum Gasteiger partial charge on any atom is -0.383 e. The molecule has 2 aliphatic rings. The van der Waals surface area contributed by atoms with Crippen molar-refractivity contribution in [2.75, 3.05) is 11.9 Å². The van der Waals surface area contributed by atoms with Crippen LogP contribution in [0.25, 0.3) is 0 Å². The van der Waals surface area contributed by atoms with E-state index in [0.717, 1.165) is 37.3 Å². The molecule has 18 heavy (non-hydrogen) atoms. The average Bonchev–Trinajstić information content (AvgIpc) is 2.41. The molecule has 1 fully saturated rings. The Bertz CT molecular complexity index is 474. The summed E-state index contributed by atoms with van der Waals surface area (Å²) >= 11 is 0. The fourth-order valence-corrected chi connectivity index (χ4v) is 3.09. The molecule has 98 valence electrons. The Morgan fingerprint density at radius 1 is 1.28 bits per heavy atom. The molecular formula is C14H21N3O. The second-order valence-electron chi connectivity index (χ2n) is 5.56. The second-order valence-corrected chi connectivity index (χ2v) is 5.56. The summed E-state index contributed by atoms with van der Waals surface area (Å²) in [6, 6.07) is 1.73. The number of nitrogens with one attached hydrogen (secondary N) is 1. The van der Waals surface area contributed by atoms with E-state index in [1.807, 2.05) is 0 Å². The van der Waals surface area contributed by atoms with Crippen LogP contribution >= 0.6 is 0 Å². The molecule has 0 amide bonds.